The number of fused-ring (bicyclic) bond motifs is 1. The van der Waals surface area contributed by atoms with Crippen LogP contribution in [0, 0.1) is 5.92 Å². The fraction of sp³-hybridized carbons (Fsp3) is 0.526. The normalized spacial score (nSPS) is 15.9. The van der Waals surface area contributed by atoms with Gasteiger partial charge in [0.2, 0.25) is 0 Å². The summed E-state index contributed by atoms with van der Waals surface area (Å²) in [4.78, 5) is 14.4. The lowest BCUT2D eigenvalue weighted by molar-refractivity contribution is 0.0568. The molecule has 5 nitrogen and oxygen atoms in total. The molecule has 1 aromatic heterocycles. The number of furan rings is 1. The zero-order chi connectivity index (χ0) is 17.3. The van der Waals surface area contributed by atoms with Crippen LogP contribution in [0.15, 0.2) is 28.7 Å². The van der Waals surface area contributed by atoms with Crippen molar-refractivity contribution in [1.29, 1.82) is 0 Å². The number of para-hydroxylation sites is 1. The average Bonchev–Trinajstić information content (AvgIpc) is 3.33. The lowest BCUT2D eigenvalue weighted by Crippen LogP contribution is -2.35. The minimum atomic E-state index is -0.460. The van der Waals surface area contributed by atoms with E-state index in [0.717, 1.165) is 23.8 Å². The number of aliphatic hydroxyl groups excluding tert-OH is 1. The van der Waals surface area contributed by atoms with E-state index in [1.165, 1.54) is 0 Å². The number of aliphatic hydroxyl groups is 1. The first-order valence-corrected chi connectivity index (χ1v) is 8.53. The molecule has 0 spiro atoms. The highest BCUT2D eigenvalue weighted by atomic mass is 16.5. The molecule has 1 fully saturated rings. The molecule has 3 rings (SSSR count). The molecule has 2 aromatic rings. The molecule has 1 aromatic carbocycles. The van der Waals surface area contributed by atoms with Gasteiger partial charge in [0.25, 0.3) is 5.91 Å². The molecule has 130 valence electrons. The van der Waals surface area contributed by atoms with Crippen molar-refractivity contribution in [3.05, 3.63) is 35.6 Å². The summed E-state index contributed by atoms with van der Waals surface area (Å²) in [5, 5.41) is 11.0. The van der Waals surface area contributed by atoms with Crippen LogP contribution in [0.5, 0.6) is 0 Å². The molecule has 1 N–H and O–H groups in total. The molecule has 0 radical (unpaired) electrons. The van der Waals surface area contributed by atoms with E-state index in [9.17, 15) is 9.90 Å². The Bertz CT molecular complexity index is 717. The zero-order valence-electron chi connectivity index (χ0n) is 14.5. The van der Waals surface area contributed by atoms with Crippen molar-refractivity contribution in [2.24, 2.45) is 5.92 Å². The van der Waals surface area contributed by atoms with Gasteiger partial charge in [-0.2, -0.15) is 0 Å². The van der Waals surface area contributed by atoms with Crippen LogP contribution < -0.4 is 0 Å². The van der Waals surface area contributed by atoms with Crippen molar-refractivity contribution in [2.45, 2.75) is 45.5 Å². The van der Waals surface area contributed by atoms with Gasteiger partial charge in [-0.25, -0.2) is 0 Å². The van der Waals surface area contributed by atoms with Crippen LogP contribution in [0.2, 0.25) is 0 Å². The quantitative estimate of drug-likeness (QED) is 0.846. The fourth-order valence-electron chi connectivity index (χ4n) is 2.83. The van der Waals surface area contributed by atoms with Gasteiger partial charge < -0.3 is 19.2 Å². The number of amides is 1. The van der Waals surface area contributed by atoms with Gasteiger partial charge in [-0.15, -0.1) is 0 Å². The lowest BCUT2D eigenvalue weighted by atomic mass is 10.1. The third-order valence-corrected chi connectivity index (χ3v) is 4.43. The van der Waals surface area contributed by atoms with E-state index in [2.05, 4.69) is 0 Å². The highest BCUT2D eigenvalue weighted by Crippen LogP contribution is 2.33. The minimum absolute atomic E-state index is 0.0658. The predicted octanol–water partition coefficient (Wildman–Crippen LogP) is 3.20. The monoisotopic (exact) mass is 331 g/mol. The van der Waals surface area contributed by atoms with Crippen LogP contribution in [-0.4, -0.2) is 41.7 Å². The van der Waals surface area contributed by atoms with Gasteiger partial charge in [-0.1, -0.05) is 18.2 Å². The topological polar surface area (TPSA) is 62.9 Å². The molecule has 0 aliphatic heterocycles. The fourth-order valence-corrected chi connectivity index (χ4v) is 2.83. The van der Waals surface area contributed by atoms with Gasteiger partial charge in [-0.05, 0) is 38.7 Å². The van der Waals surface area contributed by atoms with Crippen molar-refractivity contribution in [2.75, 3.05) is 13.6 Å². The Hall–Kier alpha value is -1.85. The summed E-state index contributed by atoms with van der Waals surface area (Å²) in [5.74, 6) is 0.426. The van der Waals surface area contributed by atoms with Crippen LogP contribution in [0.4, 0.5) is 0 Å². The predicted molar refractivity (Wildman–Crippen MR) is 91.8 cm³/mol. The Morgan fingerprint density at radius 2 is 2.08 bits per heavy atom. The number of carbonyl (C=O) groups is 1. The van der Waals surface area contributed by atoms with E-state index in [4.69, 9.17) is 9.15 Å². The van der Waals surface area contributed by atoms with Crippen molar-refractivity contribution in [3.63, 3.8) is 0 Å². The molecule has 1 saturated carbocycles. The average molecular weight is 331 g/mol. The first kappa shape index (κ1) is 17.0. The highest BCUT2D eigenvalue weighted by Gasteiger charge is 2.32. The first-order chi connectivity index (χ1) is 11.5. The van der Waals surface area contributed by atoms with Crippen LogP contribution in [0.3, 0.4) is 0 Å². The van der Waals surface area contributed by atoms with E-state index in [1.807, 2.05) is 38.1 Å². The van der Waals surface area contributed by atoms with Crippen molar-refractivity contribution in [3.8, 4) is 0 Å². The summed E-state index contributed by atoms with van der Waals surface area (Å²) in [6, 6.07) is 7.59. The lowest BCUT2D eigenvalue weighted by Gasteiger charge is -2.20. The van der Waals surface area contributed by atoms with Crippen LogP contribution in [-0.2, 0) is 11.3 Å². The first-order valence-electron chi connectivity index (χ1n) is 8.53. The Balaban J connectivity index is 1.85. The maximum Gasteiger partial charge on any atom is 0.289 e. The second-order valence-corrected chi connectivity index (χ2v) is 6.86. The number of benzene rings is 1. The minimum Gasteiger partial charge on any atom is -0.451 e. The molecule has 0 saturated heterocycles. The van der Waals surface area contributed by atoms with Crippen LogP contribution in [0.1, 0.15) is 42.8 Å². The van der Waals surface area contributed by atoms with Crippen molar-refractivity contribution < 1.29 is 19.1 Å². The summed E-state index contributed by atoms with van der Waals surface area (Å²) in [6.07, 6.45) is 1.69. The molecule has 24 heavy (non-hydrogen) atoms. The van der Waals surface area contributed by atoms with Gasteiger partial charge in [0.05, 0.1) is 18.8 Å². The maximum atomic E-state index is 12.8. The summed E-state index contributed by atoms with van der Waals surface area (Å²) in [6.45, 7) is 4.57. The van der Waals surface area contributed by atoms with Gasteiger partial charge in [0.1, 0.15) is 5.58 Å². The summed E-state index contributed by atoms with van der Waals surface area (Å²) in [7, 11) is 1.70. The SMILES string of the molecule is CC(C)OCc1c(C(=O)N(C)CC(O)C2CC2)oc2ccccc12. The van der Waals surface area contributed by atoms with Gasteiger partial charge in [-0.3, -0.25) is 4.79 Å². The number of ether oxygens (including phenoxy) is 1. The van der Waals surface area contributed by atoms with E-state index < -0.39 is 6.10 Å². The van der Waals surface area contributed by atoms with Gasteiger partial charge >= 0.3 is 0 Å². The molecule has 1 heterocycles. The molecule has 1 unspecified atom stereocenters. The molecular formula is C19H25NO4. The van der Waals surface area contributed by atoms with Gasteiger partial charge in [0.15, 0.2) is 5.76 Å². The second-order valence-electron chi connectivity index (χ2n) is 6.86. The molecule has 1 aliphatic carbocycles. The van der Waals surface area contributed by atoms with Gasteiger partial charge in [0, 0.05) is 24.5 Å². The number of likely N-dealkylation sites (N-methyl/N-ethyl adjacent to an activating group) is 1. The Morgan fingerprint density at radius 3 is 2.75 bits per heavy atom. The third-order valence-electron chi connectivity index (χ3n) is 4.43. The summed E-state index contributed by atoms with van der Waals surface area (Å²) in [5.41, 5.74) is 1.46. The molecule has 5 heteroatoms. The van der Waals surface area contributed by atoms with Crippen LogP contribution >= 0.6 is 0 Å². The van der Waals surface area contributed by atoms with E-state index in [0.29, 0.717) is 30.4 Å². The van der Waals surface area contributed by atoms with E-state index >= 15 is 0 Å². The summed E-state index contributed by atoms with van der Waals surface area (Å²) >= 11 is 0. The zero-order valence-corrected chi connectivity index (χ0v) is 14.5. The highest BCUT2D eigenvalue weighted by molar-refractivity contribution is 5.98. The summed E-state index contributed by atoms with van der Waals surface area (Å²) < 4.78 is 11.5. The number of hydrogen-bond donors (Lipinski definition) is 1. The van der Waals surface area contributed by atoms with Crippen LogP contribution in [0.25, 0.3) is 11.0 Å². The number of rotatable bonds is 7. The Labute approximate surface area is 142 Å². The Kier molecular flexibility index (Phi) is 4.92. The maximum absolute atomic E-state index is 12.8. The number of hydrogen-bond acceptors (Lipinski definition) is 4. The second kappa shape index (κ2) is 6.95. The smallest absolute Gasteiger partial charge is 0.289 e. The molecular weight excluding hydrogens is 306 g/mol. The van der Waals surface area contributed by atoms with E-state index in [-0.39, 0.29) is 12.0 Å². The molecule has 1 atom stereocenters. The number of nitrogens with zero attached hydrogens (tertiary/aromatic N) is 1. The molecule has 1 aliphatic rings. The molecule has 1 amide bonds. The standard InChI is InChI=1S/C19H25NO4/c1-12(2)23-11-15-14-6-4-5-7-17(14)24-18(15)19(22)20(3)10-16(21)13-8-9-13/h4-7,12-13,16,21H,8-11H2,1-3H3. The molecule has 0 bridgehead atoms. The Morgan fingerprint density at radius 1 is 1.38 bits per heavy atom. The van der Waals surface area contributed by atoms with E-state index in [1.54, 1.807) is 11.9 Å². The third kappa shape index (κ3) is 3.62. The van der Waals surface area contributed by atoms with Crippen molar-refractivity contribution >= 4 is 16.9 Å². The van der Waals surface area contributed by atoms with Crippen molar-refractivity contribution in [1.82, 2.24) is 4.90 Å². The number of carbonyl (C=O) groups excluding carboxylic acids is 1. The largest absolute Gasteiger partial charge is 0.451 e.